The predicted molar refractivity (Wildman–Crippen MR) is 74.7 cm³/mol. The van der Waals surface area contributed by atoms with E-state index in [-0.39, 0.29) is 0 Å². The molecular weight excluding hydrogens is 208 g/mol. The number of benzene rings is 1. The molecule has 94 valence electrons. The molecule has 1 aliphatic heterocycles. The summed E-state index contributed by atoms with van der Waals surface area (Å²) in [5.41, 5.74) is 2.96. The van der Waals surface area contributed by atoms with Crippen molar-refractivity contribution in [3.63, 3.8) is 0 Å². The molecule has 0 radical (unpaired) electrons. The summed E-state index contributed by atoms with van der Waals surface area (Å²) >= 11 is 0. The molecule has 1 atom stereocenters. The SMILES string of the molecule is CCNCC(C(C)C)N1CCc2ccccc21. The minimum Gasteiger partial charge on any atom is -0.366 e. The molecule has 0 amide bonds. The van der Waals surface area contributed by atoms with Gasteiger partial charge < -0.3 is 10.2 Å². The van der Waals surface area contributed by atoms with Crippen molar-refractivity contribution in [2.45, 2.75) is 33.2 Å². The highest BCUT2D eigenvalue weighted by Gasteiger charge is 2.27. The Morgan fingerprint density at radius 3 is 2.76 bits per heavy atom. The Bertz CT molecular complexity index is 360. The molecule has 1 aliphatic rings. The highest BCUT2D eigenvalue weighted by atomic mass is 15.2. The molecule has 0 aromatic heterocycles. The van der Waals surface area contributed by atoms with Crippen molar-refractivity contribution in [3.05, 3.63) is 29.8 Å². The highest BCUT2D eigenvalue weighted by molar-refractivity contribution is 5.58. The second-order valence-electron chi connectivity index (χ2n) is 5.19. The molecule has 1 unspecified atom stereocenters. The number of anilines is 1. The fraction of sp³-hybridized carbons (Fsp3) is 0.600. The van der Waals surface area contributed by atoms with Crippen LogP contribution in [0.1, 0.15) is 26.3 Å². The van der Waals surface area contributed by atoms with Gasteiger partial charge in [-0.15, -0.1) is 0 Å². The summed E-state index contributed by atoms with van der Waals surface area (Å²) in [5, 5.41) is 3.50. The predicted octanol–water partition coefficient (Wildman–Crippen LogP) is 2.68. The van der Waals surface area contributed by atoms with Gasteiger partial charge in [0, 0.05) is 24.8 Å². The van der Waals surface area contributed by atoms with Gasteiger partial charge in [0.2, 0.25) is 0 Å². The first-order valence-corrected chi connectivity index (χ1v) is 6.79. The molecule has 1 aromatic rings. The van der Waals surface area contributed by atoms with Gasteiger partial charge in [0.05, 0.1) is 0 Å². The fourth-order valence-corrected chi connectivity index (χ4v) is 2.71. The number of nitrogens with one attached hydrogen (secondary N) is 1. The highest BCUT2D eigenvalue weighted by Crippen LogP contribution is 2.30. The van der Waals surface area contributed by atoms with Gasteiger partial charge in [0.1, 0.15) is 0 Å². The van der Waals surface area contributed by atoms with Crippen molar-refractivity contribution in [1.29, 1.82) is 0 Å². The molecular formula is C15H24N2. The zero-order valence-electron chi connectivity index (χ0n) is 11.2. The van der Waals surface area contributed by atoms with Crippen LogP contribution in [-0.2, 0) is 6.42 Å². The molecule has 0 aliphatic carbocycles. The van der Waals surface area contributed by atoms with Gasteiger partial charge in [-0.3, -0.25) is 0 Å². The average Bonchev–Trinajstić information content (AvgIpc) is 2.73. The fourth-order valence-electron chi connectivity index (χ4n) is 2.71. The lowest BCUT2D eigenvalue weighted by Crippen LogP contribution is -2.45. The summed E-state index contributed by atoms with van der Waals surface area (Å²) in [6.45, 7) is 10.1. The van der Waals surface area contributed by atoms with Crippen molar-refractivity contribution in [2.75, 3.05) is 24.5 Å². The molecule has 2 rings (SSSR count). The first-order valence-electron chi connectivity index (χ1n) is 6.79. The van der Waals surface area contributed by atoms with Crippen LogP contribution < -0.4 is 10.2 Å². The van der Waals surface area contributed by atoms with Crippen molar-refractivity contribution >= 4 is 5.69 Å². The maximum atomic E-state index is 3.50. The third kappa shape index (κ3) is 2.63. The van der Waals surface area contributed by atoms with Crippen molar-refractivity contribution in [3.8, 4) is 0 Å². The van der Waals surface area contributed by atoms with Crippen molar-refractivity contribution in [1.82, 2.24) is 5.32 Å². The summed E-state index contributed by atoms with van der Waals surface area (Å²) in [7, 11) is 0. The summed E-state index contributed by atoms with van der Waals surface area (Å²) in [6, 6.07) is 9.45. The smallest absolute Gasteiger partial charge is 0.0437 e. The first-order chi connectivity index (χ1) is 8.24. The lowest BCUT2D eigenvalue weighted by atomic mass is 10.0. The van der Waals surface area contributed by atoms with E-state index < -0.39 is 0 Å². The van der Waals surface area contributed by atoms with E-state index in [2.05, 4.69) is 55.3 Å². The Morgan fingerprint density at radius 2 is 2.06 bits per heavy atom. The van der Waals surface area contributed by atoms with Crippen LogP contribution in [0.25, 0.3) is 0 Å². The van der Waals surface area contributed by atoms with Gasteiger partial charge in [0.25, 0.3) is 0 Å². The zero-order chi connectivity index (χ0) is 12.3. The van der Waals surface area contributed by atoms with Crippen LogP contribution in [0.15, 0.2) is 24.3 Å². The minimum absolute atomic E-state index is 0.610. The summed E-state index contributed by atoms with van der Waals surface area (Å²) in [4.78, 5) is 2.59. The Hall–Kier alpha value is -1.02. The standard InChI is InChI=1S/C15H24N2/c1-4-16-11-15(12(2)3)17-10-9-13-7-5-6-8-14(13)17/h5-8,12,15-16H,4,9-11H2,1-3H3. The van der Waals surface area contributed by atoms with Crippen LogP contribution >= 0.6 is 0 Å². The summed E-state index contributed by atoms with van der Waals surface area (Å²) in [6.07, 6.45) is 1.20. The largest absolute Gasteiger partial charge is 0.366 e. The van der Waals surface area contributed by atoms with Gasteiger partial charge >= 0.3 is 0 Å². The Kier molecular flexibility index (Phi) is 4.06. The second-order valence-corrected chi connectivity index (χ2v) is 5.19. The zero-order valence-corrected chi connectivity index (χ0v) is 11.2. The Morgan fingerprint density at radius 1 is 1.29 bits per heavy atom. The minimum atomic E-state index is 0.610. The molecule has 2 heteroatoms. The van der Waals surface area contributed by atoms with E-state index in [0.29, 0.717) is 12.0 Å². The van der Waals surface area contributed by atoms with Gasteiger partial charge in [-0.1, -0.05) is 39.0 Å². The van der Waals surface area contributed by atoms with Gasteiger partial charge in [0.15, 0.2) is 0 Å². The van der Waals surface area contributed by atoms with Crippen molar-refractivity contribution in [2.24, 2.45) is 5.92 Å². The number of likely N-dealkylation sites (N-methyl/N-ethyl adjacent to an activating group) is 1. The lowest BCUT2D eigenvalue weighted by Gasteiger charge is -2.33. The molecule has 0 bridgehead atoms. The topological polar surface area (TPSA) is 15.3 Å². The van der Waals surface area contributed by atoms with Gasteiger partial charge in [-0.05, 0) is 30.5 Å². The molecule has 0 saturated heterocycles. The maximum absolute atomic E-state index is 3.50. The monoisotopic (exact) mass is 232 g/mol. The lowest BCUT2D eigenvalue weighted by molar-refractivity contribution is 0.437. The maximum Gasteiger partial charge on any atom is 0.0437 e. The van der Waals surface area contributed by atoms with E-state index in [4.69, 9.17) is 0 Å². The second kappa shape index (κ2) is 5.54. The third-order valence-electron chi connectivity index (χ3n) is 3.70. The average molecular weight is 232 g/mol. The van der Waals surface area contributed by atoms with Crippen LogP contribution in [0.5, 0.6) is 0 Å². The molecule has 1 aromatic carbocycles. The molecule has 2 nitrogen and oxygen atoms in total. The van der Waals surface area contributed by atoms with E-state index in [9.17, 15) is 0 Å². The third-order valence-corrected chi connectivity index (χ3v) is 3.70. The summed E-state index contributed by atoms with van der Waals surface area (Å²) < 4.78 is 0. The normalized spacial score (nSPS) is 16.4. The molecule has 0 spiro atoms. The first kappa shape index (κ1) is 12.4. The van der Waals surface area contributed by atoms with E-state index in [1.165, 1.54) is 24.2 Å². The van der Waals surface area contributed by atoms with Crippen LogP contribution in [0.3, 0.4) is 0 Å². The van der Waals surface area contributed by atoms with Crippen LogP contribution in [-0.4, -0.2) is 25.7 Å². The van der Waals surface area contributed by atoms with E-state index in [1.807, 2.05) is 0 Å². The number of para-hydroxylation sites is 1. The summed E-state index contributed by atoms with van der Waals surface area (Å²) in [5.74, 6) is 0.681. The quantitative estimate of drug-likeness (QED) is 0.839. The Balaban J connectivity index is 2.15. The van der Waals surface area contributed by atoms with E-state index >= 15 is 0 Å². The number of nitrogens with zero attached hydrogens (tertiary/aromatic N) is 1. The van der Waals surface area contributed by atoms with E-state index in [0.717, 1.165) is 13.1 Å². The number of hydrogen-bond donors (Lipinski definition) is 1. The molecule has 1 N–H and O–H groups in total. The molecule has 1 heterocycles. The molecule has 0 saturated carbocycles. The number of hydrogen-bond acceptors (Lipinski definition) is 2. The number of rotatable bonds is 5. The van der Waals surface area contributed by atoms with Gasteiger partial charge in [-0.2, -0.15) is 0 Å². The van der Waals surface area contributed by atoms with Crippen LogP contribution in [0.2, 0.25) is 0 Å². The van der Waals surface area contributed by atoms with E-state index in [1.54, 1.807) is 0 Å². The molecule has 0 fully saturated rings. The van der Waals surface area contributed by atoms with Gasteiger partial charge in [-0.25, -0.2) is 0 Å². The number of fused-ring (bicyclic) bond motifs is 1. The van der Waals surface area contributed by atoms with Crippen molar-refractivity contribution < 1.29 is 0 Å². The van der Waals surface area contributed by atoms with Crippen LogP contribution in [0.4, 0.5) is 5.69 Å². The Labute approximate surface area is 105 Å². The molecule has 17 heavy (non-hydrogen) atoms. The van der Waals surface area contributed by atoms with Crippen LogP contribution in [0, 0.1) is 5.92 Å².